The molecule has 0 aliphatic heterocycles. The van der Waals surface area contributed by atoms with Crippen molar-refractivity contribution in [3.8, 4) is 0 Å². The lowest BCUT2D eigenvalue weighted by Gasteiger charge is -1.99. The van der Waals surface area contributed by atoms with Crippen molar-refractivity contribution in [3.05, 3.63) is 35.1 Å². The number of rotatable bonds is 3. The second kappa shape index (κ2) is 4.14. The van der Waals surface area contributed by atoms with Gasteiger partial charge in [0.05, 0.1) is 11.6 Å². The van der Waals surface area contributed by atoms with Crippen LogP contribution in [0.5, 0.6) is 0 Å². The standard InChI is InChI=1S/C8H8ClN5O/c9-5-1-6(10-2-5)8(15)11-3-7-12-4-13-14-7/h1-2,4,10H,3H2,(H,11,15)(H,12,13,14). The number of carbonyl (C=O) groups excluding carboxylic acids is 1. The van der Waals surface area contributed by atoms with E-state index in [1.54, 1.807) is 12.3 Å². The van der Waals surface area contributed by atoms with Crippen LogP contribution in [0.1, 0.15) is 16.3 Å². The van der Waals surface area contributed by atoms with Crippen molar-refractivity contribution >= 4 is 17.5 Å². The molecule has 78 valence electrons. The maximum absolute atomic E-state index is 11.5. The third-order valence-corrected chi connectivity index (χ3v) is 1.99. The molecular formula is C8H8ClN5O. The second-order valence-corrected chi connectivity index (χ2v) is 3.28. The second-order valence-electron chi connectivity index (χ2n) is 2.85. The summed E-state index contributed by atoms with van der Waals surface area (Å²) in [5.41, 5.74) is 0.416. The predicted octanol–water partition coefficient (Wildman–Crippen LogP) is 0.716. The average Bonchev–Trinajstić information content (AvgIpc) is 2.84. The summed E-state index contributed by atoms with van der Waals surface area (Å²) in [4.78, 5) is 18.1. The number of carbonyl (C=O) groups is 1. The molecule has 0 aromatic carbocycles. The predicted molar refractivity (Wildman–Crippen MR) is 53.4 cm³/mol. The Hall–Kier alpha value is -1.82. The highest BCUT2D eigenvalue weighted by Crippen LogP contribution is 2.08. The zero-order chi connectivity index (χ0) is 10.7. The molecule has 3 N–H and O–H groups in total. The highest BCUT2D eigenvalue weighted by molar-refractivity contribution is 6.30. The Labute approximate surface area is 90.1 Å². The van der Waals surface area contributed by atoms with Gasteiger partial charge in [-0.1, -0.05) is 11.6 Å². The smallest absolute Gasteiger partial charge is 0.268 e. The van der Waals surface area contributed by atoms with E-state index in [0.29, 0.717) is 23.1 Å². The molecule has 1 amide bonds. The van der Waals surface area contributed by atoms with Gasteiger partial charge >= 0.3 is 0 Å². The van der Waals surface area contributed by atoms with Crippen molar-refractivity contribution in [1.82, 2.24) is 25.5 Å². The van der Waals surface area contributed by atoms with Crippen molar-refractivity contribution in [2.75, 3.05) is 0 Å². The first-order valence-electron chi connectivity index (χ1n) is 4.22. The molecule has 2 aromatic heterocycles. The SMILES string of the molecule is O=C(NCc1ncn[nH]1)c1cc(Cl)c[nH]1. The molecule has 0 bridgehead atoms. The van der Waals surface area contributed by atoms with Crippen LogP contribution in [0.3, 0.4) is 0 Å². The van der Waals surface area contributed by atoms with E-state index in [4.69, 9.17) is 11.6 Å². The summed E-state index contributed by atoms with van der Waals surface area (Å²) in [6, 6.07) is 1.55. The van der Waals surface area contributed by atoms with Gasteiger partial charge in [-0.05, 0) is 6.07 Å². The minimum Gasteiger partial charge on any atom is -0.356 e. The first-order valence-corrected chi connectivity index (χ1v) is 4.60. The van der Waals surface area contributed by atoms with Crippen LogP contribution in [0.4, 0.5) is 0 Å². The van der Waals surface area contributed by atoms with Crippen LogP contribution in [0, 0.1) is 0 Å². The number of hydrogen-bond acceptors (Lipinski definition) is 3. The van der Waals surface area contributed by atoms with Gasteiger partial charge in [0.2, 0.25) is 0 Å². The van der Waals surface area contributed by atoms with Crippen LogP contribution in [0.2, 0.25) is 5.02 Å². The minimum absolute atomic E-state index is 0.238. The van der Waals surface area contributed by atoms with E-state index >= 15 is 0 Å². The normalized spacial score (nSPS) is 10.2. The van der Waals surface area contributed by atoms with Crippen molar-refractivity contribution in [1.29, 1.82) is 0 Å². The summed E-state index contributed by atoms with van der Waals surface area (Å²) in [6.45, 7) is 0.301. The Kier molecular flexibility index (Phi) is 2.68. The number of amides is 1. The third kappa shape index (κ3) is 2.35. The molecule has 2 heterocycles. The molecular weight excluding hydrogens is 218 g/mol. The molecule has 6 nitrogen and oxygen atoms in total. The Bertz CT molecular complexity index is 449. The van der Waals surface area contributed by atoms with E-state index in [0.717, 1.165) is 0 Å². The number of nitrogens with zero attached hydrogens (tertiary/aromatic N) is 2. The van der Waals surface area contributed by atoms with Crippen molar-refractivity contribution in [2.45, 2.75) is 6.54 Å². The molecule has 0 aliphatic carbocycles. The minimum atomic E-state index is -0.238. The van der Waals surface area contributed by atoms with E-state index in [-0.39, 0.29) is 5.91 Å². The maximum atomic E-state index is 11.5. The fourth-order valence-corrected chi connectivity index (χ4v) is 1.24. The number of aromatic amines is 2. The van der Waals surface area contributed by atoms with Crippen LogP contribution in [0.25, 0.3) is 0 Å². The van der Waals surface area contributed by atoms with Crippen LogP contribution in [-0.2, 0) is 6.54 Å². The number of halogens is 1. The summed E-state index contributed by atoms with van der Waals surface area (Å²) in [7, 11) is 0. The van der Waals surface area contributed by atoms with Gasteiger partial charge in [0.15, 0.2) is 0 Å². The van der Waals surface area contributed by atoms with E-state index < -0.39 is 0 Å². The highest BCUT2D eigenvalue weighted by atomic mass is 35.5. The molecule has 2 aromatic rings. The molecule has 0 atom stereocenters. The molecule has 0 unspecified atom stereocenters. The summed E-state index contributed by atoms with van der Waals surface area (Å²) >= 11 is 5.66. The van der Waals surface area contributed by atoms with Gasteiger partial charge in [-0.25, -0.2) is 4.98 Å². The first-order chi connectivity index (χ1) is 7.25. The van der Waals surface area contributed by atoms with E-state index in [2.05, 4.69) is 25.5 Å². The fourth-order valence-electron chi connectivity index (χ4n) is 1.07. The van der Waals surface area contributed by atoms with E-state index in [9.17, 15) is 4.79 Å². The summed E-state index contributed by atoms with van der Waals surface area (Å²) < 4.78 is 0. The van der Waals surface area contributed by atoms with Crippen LogP contribution < -0.4 is 5.32 Å². The molecule has 2 rings (SSSR count). The summed E-state index contributed by atoms with van der Waals surface area (Å²) in [5.74, 6) is 0.360. The Balaban J connectivity index is 1.93. The lowest BCUT2D eigenvalue weighted by molar-refractivity contribution is 0.0945. The molecule has 0 aliphatic rings. The topological polar surface area (TPSA) is 86.5 Å². The number of H-pyrrole nitrogens is 2. The number of hydrogen-bond donors (Lipinski definition) is 3. The monoisotopic (exact) mass is 225 g/mol. The van der Waals surface area contributed by atoms with Crippen LogP contribution in [0.15, 0.2) is 18.6 Å². The van der Waals surface area contributed by atoms with Gasteiger partial charge < -0.3 is 10.3 Å². The van der Waals surface area contributed by atoms with E-state index in [1.165, 1.54) is 6.33 Å². The lowest BCUT2D eigenvalue weighted by Crippen LogP contribution is -2.23. The molecule has 0 saturated carbocycles. The van der Waals surface area contributed by atoms with Crippen molar-refractivity contribution < 1.29 is 4.79 Å². The summed E-state index contributed by atoms with van der Waals surface area (Å²) in [6.07, 6.45) is 2.93. The average molecular weight is 226 g/mol. The molecule has 0 fully saturated rings. The molecule has 7 heteroatoms. The molecule has 0 radical (unpaired) electrons. The first kappa shape index (κ1) is 9.72. The summed E-state index contributed by atoms with van der Waals surface area (Å²) in [5, 5.41) is 9.45. The Morgan fingerprint density at radius 1 is 1.60 bits per heavy atom. The van der Waals surface area contributed by atoms with Crippen molar-refractivity contribution in [3.63, 3.8) is 0 Å². The Morgan fingerprint density at radius 2 is 2.47 bits per heavy atom. The van der Waals surface area contributed by atoms with Crippen LogP contribution in [-0.4, -0.2) is 26.1 Å². The van der Waals surface area contributed by atoms with Crippen molar-refractivity contribution in [2.24, 2.45) is 0 Å². The quantitative estimate of drug-likeness (QED) is 0.719. The number of aromatic nitrogens is 4. The lowest BCUT2D eigenvalue weighted by atomic mass is 10.4. The molecule has 0 saturated heterocycles. The van der Waals surface area contributed by atoms with Gasteiger partial charge in [-0.3, -0.25) is 9.89 Å². The fraction of sp³-hybridized carbons (Fsp3) is 0.125. The number of nitrogens with one attached hydrogen (secondary N) is 3. The van der Waals surface area contributed by atoms with Gasteiger partial charge in [0.25, 0.3) is 5.91 Å². The Morgan fingerprint density at radius 3 is 3.07 bits per heavy atom. The highest BCUT2D eigenvalue weighted by Gasteiger charge is 2.07. The van der Waals surface area contributed by atoms with Gasteiger partial charge in [-0.15, -0.1) is 0 Å². The van der Waals surface area contributed by atoms with Gasteiger partial charge in [0, 0.05) is 6.20 Å². The molecule has 0 spiro atoms. The van der Waals surface area contributed by atoms with Gasteiger partial charge in [0.1, 0.15) is 17.8 Å². The molecule has 15 heavy (non-hydrogen) atoms. The van der Waals surface area contributed by atoms with Gasteiger partial charge in [-0.2, -0.15) is 5.10 Å². The maximum Gasteiger partial charge on any atom is 0.268 e. The third-order valence-electron chi connectivity index (χ3n) is 1.77. The zero-order valence-electron chi connectivity index (χ0n) is 7.62. The van der Waals surface area contributed by atoms with Crippen LogP contribution >= 0.6 is 11.6 Å². The largest absolute Gasteiger partial charge is 0.356 e. The zero-order valence-corrected chi connectivity index (χ0v) is 8.38. The van der Waals surface area contributed by atoms with E-state index in [1.807, 2.05) is 0 Å².